The quantitative estimate of drug-likeness (QED) is 0.0262. The third-order valence-electron chi connectivity index (χ3n) is 10.4. The third kappa shape index (κ3) is 50.7. The van der Waals surface area contributed by atoms with Crippen LogP contribution < -0.4 is 0 Å². The second-order valence-corrected chi connectivity index (χ2v) is 16.7. The van der Waals surface area contributed by atoms with Crippen molar-refractivity contribution in [3.8, 4) is 0 Å². The summed E-state index contributed by atoms with van der Waals surface area (Å²) in [6.45, 7) is 6.30. The van der Waals surface area contributed by atoms with Crippen LogP contribution in [0.2, 0.25) is 0 Å². The van der Waals surface area contributed by atoms with Gasteiger partial charge in [0.15, 0.2) is 6.10 Å². The maximum absolute atomic E-state index is 12.8. The molecule has 0 aliphatic heterocycles. The van der Waals surface area contributed by atoms with Crippen molar-refractivity contribution in [1.82, 2.24) is 0 Å². The topological polar surface area (TPSA) is 78.9 Å². The predicted molar refractivity (Wildman–Crippen MR) is 279 cm³/mol. The van der Waals surface area contributed by atoms with Crippen molar-refractivity contribution in [1.29, 1.82) is 0 Å². The number of hydrogen-bond donors (Lipinski definition) is 0. The Morgan fingerprint density at radius 1 is 0.323 bits per heavy atom. The van der Waals surface area contributed by atoms with Crippen LogP contribution in [0.15, 0.2) is 122 Å². The van der Waals surface area contributed by atoms with E-state index in [1.165, 1.54) is 25.7 Å². The van der Waals surface area contributed by atoms with E-state index in [0.717, 1.165) is 148 Å². The molecule has 0 heterocycles. The summed E-state index contributed by atoms with van der Waals surface area (Å²) in [4.78, 5) is 38.0. The first kappa shape index (κ1) is 60.8. The molecule has 1 atom stereocenters. The summed E-state index contributed by atoms with van der Waals surface area (Å²) in [6, 6.07) is 0. The summed E-state index contributed by atoms with van der Waals surface area (Å²) in [5, 5.41) is 0. The lowest BCUT2D eigenvalue weighted by molar-refractivity contribution is -0.167. The molecule has 0 N–H and O–H groups in total. The Kier molecular flexibility index (Phi) is 49.1. The number of carbonyl (C=O) groups is 3. The smallest absolute Gasteiger partial charge is 0.306 e. The molecule has 0 bridgehead atoms. The first-order valence-electron chi connectivity index (χ1n) is 26.0. The summed E-state index contributed by atoms with van der Waals surface area (Å²) < 4.78 is 16.7. The Morgan fingerprint density at radius 3 is 0.969 bits per heavy atom. The fraction of sp³-hybridized carbons (Fsp3) is 0.610. The molecule has 65 heavy (non-hydrogen) atoms. The summed E-state index contributed by atoms with van der Waals surface area (Å²) in [6.07, 6.45) is 71.8. The predicted octanol–water partition coefficient (Wildman–Crippen LogP) is 17.3. The van der Waals surface area contributed by atoms with E-state index in [9.17, 15) is 14.4 Å². The molecule has 0 radical (unpaired) electrons. The van der Waals surface area contributed by atoms with Crippen molar-refractivity contribution >= 4 is 17.9 Å². The summed E-state index contributed by atoms with van der Waals surface area (Å²) in [7, 11) is 0. The summed E-state index contributed by atoms with van der Waals surface area (Å²) in [5.74, 6) is -0.999. The summed E-state index contributed by atoms with van der Waals surface area (Å²) in [5.41, 5.74) is 0. The van der Waals surface area contributed by atoms with Crippen LogP contribution in [0.1, 0.15) is 213 Å². The van der Waals surface area contributed by atoms with Gasteiger partial charge in [-0.05, 0) is 128 Å². The first-order chi connectivity index (χ1) is 32.0. The number of carbonyl (C=O) groups excluding carboxylic acids is 3. The highest BCUT2D eigenvalue weighted by atomic mass is 16.6. The molecule has 0 rings (SSSR count). The van der Waals surface area contributed by atoms with E-state index in [1.54, 1.807) is 0 Å². The molecule has 0 aliphatic carbocycles. The van der Waals surface area contributed by atoms with Crippen LogP contribution in [0, 0.1) is 0 Å². The van der Waals surface area contributed by atoms with Gasteiger partial charge in [0, 0.05) is 19.3 Å². The average molecular weight is 899 g/mol. The zero-order chi connectivity index (χ0) is 47.2. The van der Waals surface area contributed by atoms with Crippen molar-refractivity contribution in [2.45, 2.75) is 219 Å². The number of ether oxygens (including phenoxy) is 3. The van der Waals surface area contributed by atoms with Crippen LogP contribution in [0.3, 0.4) is 0 Å². The van der Waals surface area contributed by atoms with Gasteiger partial charge in [0.1, 0.15) is 13.2 Å². The van der Waals surface area contributed by atoms with Crippen LogP contribution in [0.4, 0.5) is 0 Å². The highest BCUT2D eigenvalue weighted by molar-refractivity contribution is 5.71. The van der Waals surface area contributed by atoms with Gasteiger partial charge in [0.05, 0.1) is 0 Å². The van der Waals surface area contributed by atoms with Crippen LogP contribution in [-0.2, 0) is 28.6 Å². The normalized spacial score (nSPS) is 13.1. The maximum atomic E-state index is 12.8. The molecule has 0 saturated heterocycles. The molecule has 0 aromatic rings. The van der Waals surface area contributed by atoms with E-state index in [1.807, 2.05) is 0 Å². The number of allylic oxidation sites excluding steroid dienone is 20. The lowest BCUT2D eigenvalue weighted by Crippen LogP contribution is -2.30. The van der Waals surface area contributed by atoms with Gasteiger partial charge in [-0.1, -0.05) is 187 Å². The molecule has 366 valence electrons. The van der Waals surface area contributed by atoms with Crippen molar-refractivity contribution in [3.63, 3.8) is 0 Å². The fourth-order valence-corrected chi connectivity index (χ4v) is 6.57. The van der Waals surface area contributed by atoms with E-state index in [2.05, 4.69) is 142 Å². The van der Waals surface area contributed by atoms with Gasteiger partial charge < -0.3 is 14.2 Å². The van der Waals surface area contributed by atoms with Crippen molar-refractivity contribution in [3.05, 3.63) is 122 Å². The molecule has 0 spiro atoms. The number of rotatable bonds is 45. The number of hydrogen-bond acceptors (Lipinski definition) is 6. The van der Waals surface area contributed by atoms with Gasteiger partial charge in [-0.25, -0.2) is 0 Å². The third-order valence-corrected chi connectivity index (χ3v) is 10.4. The van der Waals surface area contributed by atoms with Gasteiger partial charge >= 0.3 is 17.9 Å². The summed E-state index contributed by atoms with van der Waals surface area (Å²) >= 11 is 0. The van der Waals surface area contributed by atoms with E-state index >= 15 is 0 Å². The van der Waals surface area contributed by atoms with Crippen molar-refractivity contribution in [2.75, 3.05) is 13.2 Å². The van der Waals surface area contributed by atoms with Gasteiger partial charge in [-0.3, -0.25) is 14.4 Å². The van der Waals surface area contributed by atoms with E-state index in [-0.39, 0.29) is 37.5 Å². The molecule has 0 saturated carbocycles. The molecular weight excluding hydrogens is 805 g/mol. The Hall–Kier alpha value is -4.19. The number of unbranched alkanes of at least 4 members (excludes halogenated alkanes) is 14. The molecule has 0 amide bonds. The average Bonchev–Trinajstić information content (AvgIpc) is 3.30. The second-order valence-electron chi connectivity index (χ2n) is 16.7. The van der Waals surface area contributed by atoms with Crippen molar-refractivity contribution < 1.29 is 28.6 Å². The molecule has 6 heteroatoms. The number of esters is 3. The fourth-order valence-electron chi connectivity index (χ4n) is 6.57. The van der Waals surface area contributed by atoms with Crippen LogP contribution in [-0.4, -0.2) is 37.2 Å². The molecule has 6 nitrogen and oxygen atoms in total. The minimum atomic E-state index is -0.817. The minimum Gasteiger partial charge on any atom is -0.462 e. The zero-order valence-electron chi connectivity index (χ0n) is 41.7. The standard InChI is InChI=1S/C59H94O6/c1-4-7-10-13-16-19-22-25-28-29-32-35-38-41-44-47-50-53-59(62)65-56(54-63-57(60)51-48-45-42-39-36-33-30-26-23-20-17-14-11-8-5-2)55-64-58(61)52-49-46-43-40-37-34-31-27-24-21-18-15-12-9-6-3/h7-8,10-11,16-21,25-28,30-32,35,37,40,56H,4-6,9,12-15,22-24,29,33-34,36,38-39,41-55H2,1-3H3/b10-7-,11-8-,19-16-,20-17-,21-18-,28-25-,30-26-,31-27-,35-32-,40-37-/t56-/m1/s1. The molecular formula is C59H94O6. The van der Waals surface area contributed by atoms with Gasteiger partial charge in [0.25, 0.3) is 0 Å². The van der Waals surface area contributed by atoms with Gasteiger partial charge in [0.2, 0.25) is 0 Å². The highest BCUT2D eigenvalue weighted by Gasteiger charge is 2.19. The lowest BCUT2D eigenvalue weighted by Gasteiger charge is -2.18. The van der Waals surface area contributed by atoms with E-state index < -0.39 is 6.10 Å². The SMILES string of the molecule is CC/C=C\C/C=C\C/C=C\C/C=C\CCCCCCC(=O)O[C@@H](COC(=O)CCCC/C=C\C/C=C\C/C=C\CCCCC)COC(=O)CCCCCCC/C=C\C/C=C\C/C=C\CC. The van der Waals surface area contributed by atoms with Crippen LogP contribution >= 0.6 is 0 Å². The van der Waals surface area contributed by atoms with Gasteiger partial charge in [-0.2, -0.15) is 0 Å². The second kappa shape index (κ2) is 52.4. The Balaban J connectivity index is 4.55. The van der Waals surface area contributed by atoms with Crippen LogP contribution in [0.25, 0.3) is 0 Å². The zero-order valence-corrected chi connectivity index (χ0v) is 41.7. The first-order valence-corrected chi connectivity index (χ1v) is 26.0. The molecule has 0 aromatic carbocycles. The van der Waals surface area contributed by atoms with E-state index in [4.69, 9.17) is 14.2 Å². The minimum absolute atomic E-state index is 0.113. The van der Waals surface area contributed by atoms with Crippen molar-refractivity contribution in [2.24, 2.45) is 0 Å². The van der Waals surface area contributed by atoms with E-state index in [0.29, 0.717) is 12.8 Å². The monoisotopic (exact) mass is 899 g/mol. The lowest BCUT2D eigenvalue weighted by atomic mass is 10.1. The molecule has 0 aromatic heterocycles. The molecule has 0 fully saturated rings. The van der Waals surface area contributed by atoms with Gasteiger partial charge in [-0.15, -0.1) is 0 Å². The molecule has 0 unspecified atom stereocenters. The Bertz CT molecular complexity index is 1400. The van der Waals surface area contributed by atoms with Crippen LogP contribution in [0.5, 0.6) is 0 Å². The maximum Gasteiger partial charge on any atom is 0.306 e. The Labute approximate surface area is 399 Å². The largest absolute Gasteiger partial charge is 0.462 e. The highest BCUT2D eigenvalue weighted by Crippen LogP contribution is 2.12. The Morgan fingerprint density at radius 2 is 0.600 bits per heavy atom. The molecule has 0 aliphatic rings.